The molecular formula is C16H25NO3. The first-order valence-electron chi connectivity index (χ1n) is 7.31. The second-order valence-corrected chi connectivity index (χ2v) is 5.20. The Morgan fingerprint density at radius 2 is 2.15 bits per heavy atom. The Bertz CT molecular complexity index is 410. The van der Waals surface area contributed by atoms with Crippen molar-refractivity contribution in [3.8, 4) is 5.75 Å². The van der Waals surface area contributed by atoms with Crippen molar-refractivity contribution in [1.29, 1.82) is 0 Å². The SMILES string of the molecule is CCNC1CC(Oc2cccc(C)c2)C1OCCOC. The molecule has 1 aromatic rings. The van der Waals surface area contributed by atoms with Crippen LogP contribution in [0.1, 0.15) is 18.9 Å². The average molecular weight is 279 g/mol. The van der Waals surface area contributed by atoms with Crippen molar-refractivity contribution >= 4 is 0 Å². The molecule has 2 rings (SSSR count). The lowest BCUT2D eigenvalue weighted by Gasteiger charge is -2.44. The summed E-state index contributed by atoms with van der Waals surface area (Å²) in [7, 11) is 1.69. The molecule has 112 valence electrons. The molecule has 0 aliphatic heterocycles. The number of hydrogen-bond acceptors (Lipinski definition) is 4. The van der Waals surface area contributed by atoms with Gasteiger partial charge in [0, 0.05) is 19.6 Å². The van der Waals surface area contributed by atoms with Crippen LogP contribution < -0.4 is 10.1 Å². The summed E-state index contributed by atoms with van der Waals surface area (Å²) in [4.78, 5) is 0. The van der Waals surface area contributed by atoms with Crippen molar-refractivity contribution in [2.75, 3.05) is 26.9 Å². The Morgan fingerprint density at radius 3 is 2.85 bits per heavy atom. The molecule has 0 spiro atoms. The first-order chi connectivity index (χ1) is 9.74. The first kappa shape index (κ1) is 15.3. The number of hydrogen-bond donors (Lipinski definition) is 1. The molecule has 4 heteroatoms. The van der Waals surface area contributed by atoms with Crippen LogP contribution in [0.5, 0.6) is 5.75 Å². The largest absolute Gasteiger partial charge is 0.488 e. The van der Waals surface area contributed by atoms with E-state index in [1.807, 2.05) is 12.1 Å². The van der Waals surface area contributed by atoms with E-state index in [0.29, 0.717) is 19.3 Å². The zero-order chi connectivity index (χ0) is 14.4. The Morgan fingerprint density at radius 1 is 1.30 bits per heavy atom. The number of ether oxygens (including phenoxy) is 3. The average Bonchev–Trinajstić information content (AvgIpc) is 2.42. The van der Waals surface area contributed by atoms with Crippen molar-refractivity contribution in [2.45, 2.75) is 38.5 Å². The second kappa shape index (κ2) is 7.62. The topological polar surface area (TPSA) is 39.7 Å². The summed E-state index contributed by atoms with van der Waals surface area (Å²) in [6, 6.07) is 8.53. The predicted molar refractivity (Wildman–Crippen MR) is 79.3 cm³/mol. The van der Waals surface area contributed by atoms with Gasteiger partial charge in [-0.05, 0) is 31.2 Å². The number of likely N-dealkylation sites (N-methyl/N-ethyl adjacent to an activating group) is 1. The van der Waals surface area contributed by atoms with E-state index in [1.165, 1.54) is 5.56 Å². The minimum atomic E-state index is 0.102. The summed E-state index contributed by atoms with van der Waals surface area (Å²) in [5.74, 6) is 0.922. The molecule has 3 unspecified atom stereocenters. The first-order valence-corrected chi connectivity index (χ1v) is 7.31. The number of nitrogens with one attached hydrogen (secondary N) is 1. The molecule has 1 aliphatic carbocycles. The molecule has 1 fully saturated rings. The molecular weight excluding hydrogens is 254 g/mol. The van der Waals surface area contributed by atoms with E-state index in [-0.39, 0.29) is 12.2 Å². The van der Waals surface area contributed by atoms with E-state index in [0.717, 1.165) is 18.7 Å². The zero-order valence-electron chi connectivity index (χ0n) is 12.6. The van der Waals surface area contributed by atoms with Crippen LogP contribution in [0.2, 0.25) is 0 Å². The lowest BCUT2D eigenvalue weighted by molar-refractivity contribution is -0.115. The molecule has 0 radical (unpaired) electrons. The summed E-state index contributed by atoms with van der Waals surface area (Å²) < 4.78 is 17.0. The molecule has 1 aliphatic rings. The van der Waals surface area contributed by atoms with Crippen molar-refractivity contribution in [2.24, 2.45) is 0 Å². The van der Waals surface area contributed by atoms with Gasteiger partial charge in [-0.25, -0.2) is 0 Å². The van der Waals surface area contributed by atoms with Crippen molar-refractivity contribution < 1.29 is 14.2 Å². The van der Waals surface area contributed by atoms with Crippen LogP contribution in [0.15, 0.2) is 24.3 Å². The number of benzene rings is 1. The van der Waals surface area contributed by atoms with Crippen LogP contribution in [0.25, 0.3) is 0 Å². The van der Waals surface area contributed by atoms with Gasteiger partial charge in [0.25, 0.3) is 0 Å². The minimum absolute atomic E-state index is 0.102. The highest BCUT2D eigenvalue weighted by atomic mass is 16.6. The highest BCUT2D eigenvalue weighted by Gasteiger charge is 2.43. The Kier molecular flexibility index (Phi) is 5.83. The highest BCUT2D eigenvalue weighted by Crippen LogP contribution is 2.29. The van der Waals surface area contributed by atoms with Gasteiger partial charge < -0.3 is 19.5 Å². The van der Waals surface area contributed by atoms with Crippen LogP contribution in [0, 0.1) is 6.92 Å². The maximum Gasteiger partial charge on any atom is 0.128 e. The molecule has 4 nitrogen and oxygen atoms in total. The van der Waals surface area contributed by atoms with Gasteiger partial charge >= 0.3 is 0 Å². The minimum Gasteiger partial charge on any atom is -0.488 e. The normalized spacial score (nSPS) is 25.2. The van der Waals surface area contributed by atoms with E-state index >= 15 is 0 Å². The van der Waals surface area contributed by atoms with Gasteiger partial charge in [0.15, 0.2) is 0 Å². The third kappa shape index (κ3) is 3.95. The van der Waals surface area contributed by atoms with Crippen molar-refractivity contribution in [1.82, 2.24) is 5.32 Å². The molecule has 1 saturated carbocycles. The van der Waals surface area contributed by atoms with E-state index in [4.69, 9.17) is 14.2 Å². The molecule has 0 amide bonds. The Hall–Kier alpha value is -1.10. The summed E-state index contributed by atoms with van der Waals surface area (Å²) in [5.41, 5.74) is 1.21. The second-order valence-electron chi connectivity index (χ2n) is 5.20. The lowest BCUT2D eigenvalue weighted by Crippen LogP contribution is -2.61. The maximum absolute atomic E-state index is 6.05. The fourth-order valence-corrected chi connectivity index (χ4v) is 2.51. The Balaban J connectivity index is 1.89. The summed E-state index contributed by atoms with van der Waals surface area (Å²) in [5, 5.41) is 3.44. The van der Waals surface area contributed by atoms with E-state index in [1.54, 1.807) is 7.11 Å². The fraction of sp³-hybridized carbons (Fsp3) is 0.625. The predicted octanol–water partition coefficient (Wildman–Crippen LogP) is 2.16. The van der Waals surface area contributed by atoms with E-state index in [2.05, 4.69) is 31.3 Å². The van der Waals surface area contributed by atoms with Gasteiger partial charge in [-0.1, -0.05) is 19.1 Å². The molecule has 0 heterocycles. The molecule has 0 bridgehead atoms. The van der Waals surface area contributed by atoms with Gasteiger partial charge in [0.05, 0.1) is 13.2 Å². The van der Waals surface area contributed by atoms with Crippen molar-refractivity contribution in [3.63, 3.8) is 0 Å². The monoisotopic (exact) mass is 279 g/mol. The molecule has 0 saturated heterocycles. The quantitative estimate of drug-likeness (QED) is 0.740. The third-order valence-corrected chi connectivity index (χ3v) is 3.59. The summed E-state index contributed by atoms with van der Waals surface area (Å²) in [6.07, 6.45) is 1.21. The maximum atomic E-state index is 6.05. The van der Waals surface area contributed by atoms with Crippen LogP contribution in [0.4, 0.5) is 0 Å². The third-order valence-electron chi connectivity index (χ3n) is 3.59. The number of aryl methyl sites for hydroxylation is 1. The lowest BCUT2D eigenvalue weighted by atomic mass is 9.85. The summed E-state index contributed by atoms with van der Waals surface area (Å²) >= 11 is 0. The van der Waals surface area contributed by atoms with E-state index in [9.17, 15) is 0 Å². The molecule has 1 aromatic carbocycles. The zero-order valence-corrected chi connectivity index (χ0v) is 12.6. The standard InChI is InChI=1S/C16H25NO3/c1-4-17-14-11-15(16(14)19-9-8-18-3)20-13-7-5-6-12(2)10-13/h5-7,10,14-17H,4,8-9,11H2,1-3H3. The van der Waals surface area contributed by atoms with Crippen molar-refractivity contribution in [3.05, 3.63) is 29.8 Å². The number of methoxy groups -OCH3 is 1. The number of rotatable bonds is 8. The van der Waals surface area contributed by atoms with Gasteiger partial charge in [-0.3, -0.25) is 0 Å². The van der Waals surface area contributed by atoms with Gasteiger partial charge in [0.1, 0.15) is 18.0 Å². The molecule has 1 N–H and O–H groups in total. The fourth-order valence-electron chi connectivity index (χ4n) is 2.51. The van der Waals surface area contributed by atoms with Crippen LogP contribution in [-0.4, -0.2) is 45.1 Å². The smallest absolute Gasteiger partial charge is 0.128 e. The Labute approximate surface area is 121 Å². The molecule has 3 atom stereocenters. The van der Waals surface area contributed by atoms with Gasteiger partial charge in [-0.15, -0.1) is 0 Å². The van der Waals surface area contributed by atoms with Gasteiger partial charge in [-0.2, -0.15) is 0 Å². The summed E-state index contributed by atoms with van der Waals surface area (Å²) in [6.45, 7) is 6.36. The molecule has 0 aromatic heterocycles. The highest BCUT2D eigenvalue weighted by molar-refractivity contribution is 5.28. The van der Waals surface area contributed by atoms with Crippen LogP contribution >= 0.6 is 0 Å². The van der Waals surface area contributed by atoms with Crippen LogP contribution in [0.3, 0.4) is 0 Å². The molecule has 20 heavy (non-hydrogen) atoms. The van der Waals surface area contributed by atoms with Gasteiger partial charge in [0.2, 0.25) is 0 Å². The van der Waals surface area contributed by atoms with Crippen LogP contribution in [-0.2, 0) is 9.47 Å². The van der Waals surface area contributed by atoms with E-state index < -0.39 is 0 Å².